The first-order valence-electron chi connectivity index (χ1n) is 11.5. The van der Waals surface area contributed by atoms with Crippen LogP contribution in [0.4, 0.5) is 5.69 Å². The maximum absolute atomic E-state index is 12.9. The Kier molecular flexibility index (Phi) is 6.47. The van der Waals surface area contributed by atoms with Crippen LogP contribution < -0.4 is 10.9 Å². The third-order valence-corrected chi connectivity index (χ3v) is 8.76. The predicted octanol–water partition coefficient (Wildman–Crippen LogP) is 2.63. The van der Waals surface area contributed by atoms with Crippen LogP contribution >= 0.6 is 11.6 Å². The van der Waals surface area contributed by atoms with Crippen molar-refractivity contribution in [2.24, 2.45) is 5.92 Å². The molecule has 1 atom stereocenters. The van der Waals surface area contributed by atoms with Gasteiger partial charge in [0.25, 0.3) is 20.7 Å². The Morgan fingerprint density at radius 2 is 1.97 bits per heavy atom. The van der Waals surface area contributed by atoms with Crippen molar-refractivity contribution in [3.8, 4) is 0 Å². The van der Waals surface area contributed by atoms with Crippen molar-refractivity contribution >= 4 is 27.3 Å². The van der Waals surface area contributed by atoms with Crippen LogP contribution in [0.5, 0.6) is 0 Å². The summed E-state index contributed by atoms with van der Waals surface area (Å²) in [6, 6.07) is 1.31. The summed E-state index contributed by atoms with van der Waals surface area (Å²) in [6.45, 7) is 2.70. The summed E-state index contributed by atoms with van der Waals surface area (Å²) in [6.07, 6.45) is 6.64. The number of aromatic nitrogens is 3. The Bertz CT molecular complexity index is 1150. The number of rotatable bonds is 7. The van der Waals surface area contributed by atoms with Crippen molar-refractivity contribution in [3.05, 3.63) is 33.3 Å². The number of nitrogens with zero attached hydrogens (tertiary/aromatic N) is 4. The van der Waals surface area contributed by atoms with E-state index in [1.54, 1.807) is 6.20 Å². The Morgan fingerprint density at radius 1 is 1.18 bits per heavy atom. The van der Waals surface area contributed by atoms with Gasteiger partial charge >= 0.3 is 0 Å². The second-order valence-electron chi connectivity index (χ2n) is 9.07. The van der Waals surface area contributed by atoms with E-state index in [1.165, 1.54) is 15.1 Å². The van der Waals surface area contributed by atoms with Gasteiger partial charge in [0.2, 0.25) is 0 Å². The quantitative estimate of drug-likeness (QED) is 0.620. The van der Waals surface area contributed by atoms with Crippen LogP contribution in [-0.2, 0) is 14.8 Å². The molecule has 2 aliphatic heterocycles. The average Bonchev–Trinajstić information content (AvgIpc) is 3.56. The van der Waals surface area contributed by atoms with E-state index >= 15 is 0 Å². The zero-order valence-electron chi connectivity index (χ0n) is 18.3. The molecule has 0 amide bonds. The normalized spacial score (nSPS) is 23.0. The van der Waals surface area contributed by atoms with Gasteiger partial charge in [0, 0.05) is 38.2 Å². The molecule has 180 valence electrons. The lowest BCUT2D eigenvalue weighted by Gasteiger charge is -2.30. The molecule has 2 aromatic rings. The minimum Gasteiger partial charge on any atom is -0.382 e. The van der Waals surface area contributed by atoms with E-state index in [0.717, 1.165) is 32.3 Å². The fraction of sp³-hybridized carbons (Fsp3) is 0.667. The monoisotopic (exact) mass is 497 g/mol. The number of ether oxygens (including phenoxy) is 1. The molecule has 3 fully saturated rings. The van der Waals surface area contributed by atoms with Crippen LogP contribution in [0.15, 0.2) is 26.7 Å². The van der Waals surface area contributed by atoms with Crippen LogP contribution in [0.25, 0.3) is 0 Å². The van der Waals surface area contributed by atoms with Gasteiger partial charge in [-0.2, -0.15) is 9.40 Å². The molecule has 12 heteroatoms. The number of nitrogens with one attached hydrogen (secondary N) is 1. The molecule has 0 spiro atoms. The van der Waals surface area contributed by atoms with E-state index in [4.69, 9.17) is 20.9 Å². The molecule has 1 saturated carbocycles. The summed E-state index contributed by atoms with van der Waals surface area (Å²) >= 11 is 6.36. The van der Waals surface area contributed by atoms with Crippen molar-refractivity contribution in [3.63, 3.8) is 0 Å². The average molecular weight is 498 g/mol. The second-order valence-corrected chi connectivity index (χ2v) is 11.3. The van der Waals surface area contributed by atoms with Gasteiger partial charge in [-0.1, -0.05) is 16.8 Å². The van der Waals surface area contributed by atoms with Crippen molar-refractivity contribution in [1.29, 1.82) is 0 Å². The molecule has 5 rings (SSSR count). The van der Waals surface area contributed by atoms with E-state index in [2.05, 4.69) is 15.6 Å². The highest BCUT2D eigenvalue weighted by Crippen LogP contribution is 2.40. The van der Waals surface area contributed by atoms with Crippen LogP contribution in [-0.4, -0.2) is 60.5 Å². The van der Waals surface area contributed by atoms with Crippen LogP contribution in [0.1, 0.15) is 56.2 Å². The summed E-state index contributed by atoms with van der Waals surface area (Å²) in [7, 11) is -3.75. The highest BCUT2D eigenvalue weighted by molar-refractivity contribution is 7.89. The SMILES string of the molecule is O=c1c(Cl)c(NC[C@H]2CCCOC2)cnn1C1CCN(S(=O)(=O)c2cc(C3CC3)no2)CC1. The molecule has 1 N–H and O–H groups in total. The van der Waals surface area contributed by atoms with E-state index in [9.17, 15) is 13.2 Å². The number of anilines is 1. The summed E-state index contributed by atoms with van der Waals surface area (Å²) in [5.41, 5.74) is 0.853. The molecule has 0 bridgehead atoms. The molecule has 2 saturated heterocycles. The zero-order valence-corrected chi connectivity index (χ0v) is 19.9. The minimum atomic E-state index is -3.75. The first-order valence-corrected chi connectivity index (χ1v) is 13.3. The standard InChI is InChI=1S/C21H28ClN5O5S/c22-20-18(23-11-14-2-1-9-31-13-14)12-24-27(21(20)28)16-5-7-26(8-6-16)33(29,30)19-10-17(25-32-19)15-3-4-15/h10,12,14-16,23H,1-9,11,13H2/t14-/m1/s1. The molecule has 0 unspecified atom stereocenters. The van der Waals surface area contributed by atoms with E-state index in [-0.39, 0.29) is 34.8 Å². The molecular formula is C21H28ClN5O5S. The third kappa shape index (κ3) is 4.82. The van der Waals surface area contributed by atoms with E-state index < -0.39 is 10.0 Å². The molecule has 2 aromatic heterocycles. The molecule has 0 aromatic carbocycles. The lowest BCUT2D eigenvalue weighted by Crippen LogP contribution is -2.41. The molecule has 33 heavy (non-hydrogen) atoms. The van der Waals surface area contributed by atoms with Crippen LogP contribution in [0.2, 0.25) is 5.02 Å². The van der Waals surface area contributed by atoms with Gasteiger partial charge in [-0.05, 0) is 44.4 Å². The Morgan fingerprint density at radius 3 is 2.67 bits per heavy atom. The molecule has 1 aliphatic carbocycles. The predicted molar refractivity (Wildman–Crippen MR) is 121 cm³/mol. The van der Waals surface area contributed by atoms with Crippen molar-refractivity contribution < 1.29 is 17.7 Å². The summed E-state index contributed by atoms with van der Waals surface area (Å²) in [5.74, 6) is 0.702. The highest BCUT2D eigenvalue weighted by atomic mass is 35.5. The topological polar surface area (TPSA) is 120 Å². The number of hydrogen-bond donors (Lipinski definition) is 1. The first-order chi connectivity index (χ1) is 15.9. The Hall–Kier alpha value is -1.95. The lowest BCUT2D eigenvalue weighted by molar-refractivity contribution is 0.0595. The highest BCUT2D eigenvalue weighted by Gasteiger charge is 2.35. The van der Waals surface area contributed by atoms with Gasteiger partial charge in [0.1, 0.15) is 5.02 Å². The second kappa shape index (κ2) is 9.36. The van der Waals surface area contributed by atoms with Gasteiger partial charge in [0.15, 0.2) is 0 Å². The maximum Gasteiger partial charge on any atom is 0.287 e. The first kappa shape index (κ1) is 22.8. The third-order valence-electron chi connectivity index (χ3n) is 6.65. The van der Waals surface area contributed by atoms with Crippen LogP contribution in [0.3, 0.4) is 0 Å². The van der Waals surface area contributed by atoms with Crippen molar-refractivity contribution in [2.75, 3.05) is 38.2 Å². The van der Waals surface area contributed by atoms with Gasteiger partial charge in [-0.3, -0.25) is 4.79 Å². The Labute approximate surface area is 197 Å². The van der Waals surface area contributed by atoms with Crippen molar-refractivity contribution in [1.82, 2.24) is 19.2 Å². The summed E-state index contributed by atoms with van der Waals surface area (Å²) < 4.78 is 39.2. The summed E-state index contributed by atoms with van der Waals surface area (Å²) in [5, 5.41) is 11.5. The fourth-order valence-electron chi connectivity index (χ4n) is 4.47. The maximum atomic E-state index is 12.9. The van der Waals surface area contributed by atoms with Gasteiger partial charge < -0.3 is 14.6 Å². The number of halogens is 1. The molecule has 0 radical (unpaired) electrons. The van der Waals surface area contributed by atoms with Gasteiger partial charge in [-0.25, -0.2) is 13.1 Å². The molecule has 4 heterocycles. The van der Waals surface area contributed by atoms with Crippen molar-refractivity contribution in [2.45, 2.75) is 55.6 Å². The number of piperidine rings is 1. The van der Waals surface area contributed by atoms with E-state index in [0.29, 0.717) is 49.2 Å². The summed E-state index contributed by atoms with van der Waals surface area (Å²) in [4.78, 5) is 12.9. The number of hydrogen-bond acceptors (Lipinski definition) is 8. The van der Waals surface area contributed by atoms with E-state index in [1.807, 2.05) is 0 Å². The number of sulfonamides is 1. The van der Waals surface area contributed by atoms with Gasteiger partial charge in [0.05, 0.1) is 30.2 Å². The van der Waals surface area contributed by atoms with Gasteiger partial charge in [-0.15, -0.1) is 0 Å². The van der Waals surface area contributed by atoms with Crippen LogP contribution in [0, 0.1) is 5.92 Å². The fourth-order valence-corrected chi connectivity index (χ4v) is 6.02. The molecular weight excluding hydrogens is 470 g/mol. The Balaban J connectivity index is 1.22. The zero-order chi connectivity index (χ0) is 23.0. The molecule has 10 nitrogen and oxygen atoms in total. The lowest BCUT2D eigenvalue weighted by atomic mass is 10.0. The molecule has 3 aliphatic rings. The smallest absolute Gasteiger partial charge is 0.287 e. The largest absolute Gasteiger partial charge is 0.382 e. The minimum absolute atomic E-state index is 0.103.